The molecule has 1 amide bonds. The number of hydrogen-bond donors (Lipinski definition) is 1. The van der Waals surface area contributed by atoms with Crippen LogP contribution in [-0.2, 0) is 4.79 Å². The summed E-state index contributed by atoms with van der Waals surface area (Å²) in [5.74, 6) is 0.0788. The smallest absolute Gasteiger partial charge is 0.227 e. The highest BCUT2D eigenvalue weighted by atomic mass is 16.1. The highest BCUT2D eigenvalue weighted by molar-refractivity contribution is 5.83. The fourth-order valence-corrected chi connectivity index (χ4v) is 1.73. The van der Waals surface area contributed by atoms with Crippen LogP contribution in [0.25, 0.3) is 0 Å². The number of hydrogen-bond acceptors (Lipinski definition) is 1. The van der Waals surface area contributed by atoms with E-state index in [0.717, 1.165) is 12.0 Å². The molecule has 1 atom stereocenters. The third-order valence-electron chi connectivity index (χ3n) is 2.90. The normalized spacial score (nSPS) is 12.3. The average Bonchev–Trinajstić information content (AvgIpc) is 2.24. The molecule has 2 heteroatoms. The molecule has 1 aromatic rings. The van der Waals surface area contributed by atoms with E-state index in [1.165, 1.54) is 11.1 Å². The summed E-state index contributed by atoms with van der Waals surface area (Å²) in [6.45, 7) is 6.20. The molecule has 0 bridgehead atoms. The number of aryl methyl sites for hydroxylation is 2. The van der Waals surface area contributed by atoms with Crippen LogP contribution < -0.4 is 5.32 Å². The summed E-state index contributed by atoms with van der Waals surface area (Å²) in [7, 11) is 1.69. The summed E-state index contributed by atoms with van der Waals surface area (Å²) >= 11 is 0. The first-order valence-corrected chi connectivity index (χ1v) is 5.38. The maximum atomic E-state index is 11.6. The third-order valence-corrected chi connectivity index (χ3v) is 2.90. The molecule has 82 valence electrons. The lowest BCUT2D eigenvalue weighted by Crippen LogP contribution is -2.25. The van der Waals surface area contributed by atoms with Crippen LogP contribution in [0, 0.1) is 13.8 Å². The lowest BCUT2D eigenvalue weighted by atomic mass is 9.93. The molecule has 15 heavy (non-hydrogen) atoms. The zero-order valence-electron chi connectivity index (χ0n) is 9.92. The lowest BCUT2D eigenvalue weighted by Gasteiger charge is -2.14. The van der Waals surface area contributed by atoms with Crippen LogP contribution in [0.1, 0.15) is 36.0 Å². The quantitative estimate of drug-likeness (QED) is 0.807. The minimum absolute atomic E-state index is 0.0192. The van der Waals surface area contributed by atoms with Crippen molar-refractivity contribution < 1.29 is 4.79 Å². The first-order valence-electron chi connectivity index (χ1n) is 5.38. The summed E-state index contributed by atoms with van der Waals surface area (Å²) in [5.41, 5.74) is 3.63. The second kappa shape index (κ2) is 4.96. The zero-order chi connectivity index (χ0) is 11.4. The van der Waals surface area contributed by atoms with Gasteiger partial charge in [0, 0.05) is 7.05 Å². The van der Waals surface area contributed by atoms with Crippen LogP contribution in [0.4, 0.5) is 0 Å². The molecule has 2 nitrogen and oxygen atoms in total. The summed E-state index contributed by atoms with van der Waals surface area (Å²) in [6.07, 6.45) is 0.835. The Morgan fingerprint density at radius 2 is 2.00 bits per heavy atom. The van der Waals surface area contributed by atoms with E-state index in [-0.39, 0.29) is 11.8 Å². The average molecular weight is 205 g/mol. The van der Waals surface area contributed by atoms with Gasteiger partial charge in [0.2, 0.25) is 5.91 Å². The maximum absolute atomic E-state index is 11.6. The molecule has 1 N–H and O–H groups in total. The summed E-state index contributed by atoms with van der Waals surface area (Å²) in [5, 5.41) is 2.71. The van der Waals surface area contributed by atoms with Crippen LogP contribution >= 0.6 is 0 Å². The topological polar surface area (TPSA) is 29.1 Å². The van der Waals surface area contributed by atoms with E-state index in [2.05, 4.69) is 31.3 Å². The van der Waals surface area contributed by atoms with Crippen molar-refractivity contribution in [1.82, 2.24) is 5.32 Å². The first kappa shape index (κ1) is 11.8. The number of rotatable bonds is 3. The molecule has 0 heterocycles. The van der Waals surface area contributed by atoms with Gasteiger partial charge in [-0.15, -0.1) is 0 Å². The molecule has 0 aromatic heterocycles. The van der Waals surface area contributed by atoms with E-state index in [1.807, 2.05) is 13.0 Å². The fourth-order valence-electron chi connectivity index (χ4n) is 1.73. The SMILES string of the molecule is CCC(C(=O)NC)c1ccc(C)c(C)c1. The molecule has 0 aliphatic heterocycles. The van der Waals surface area contributed by atoms with Crippen LogP contribution in [-0.4, -0.2) is 13.0 Å². The molecule has 0 fully saturated rings. The monoisotopic (exact) mass is 205 g/mol. The van der Waals surface area contributed by atoms with Crippen LogP contribution in [0.3, 0.4) is 0 Å². The maximum Gasteiger partial charge on any atom is 0.227 e. The molecule has 1 unspecified atom stereocenters. The van der Waals surface area contributed by atoms with Crippen molar-refractivity contribution in [3.8, 4) is 0 Å². The fraction of sp³-hybridized carbons (Fsp3) is 0.462. The van der Waals surface area contributed by atoms with Gasteiger partial charge in [0.1, 0.15) is 0 Å². The van der Waals surface area contributed by atoms with Gasteiger partial charge >= 0.3 is 0 Å². The van der Waals surface area contributed by atoms with Crippen molar-refractivity contribution in [3.05, 3.63) is 34.9 Å². The van der Waals surface area contributed by atoms with Gasteiger partial charge in [0.25, 0.3) is 0 Å². The first-order chi connectivity index (χ1) is 7.10. The van der Waals surface area contributed by atoms with Crippen LogP contribution in [0.2, 0.25) is 0 Å². The summed E-state index contributed by atoms with van der Waals surface area (Å²) < 4.78 is 0. The number of nitrogens with one attached hydrogen (secondary N) is 1. The Bertz CT molecular complexity index is 358. The van der Waals surface area contributed by atoms with Gasteiger partial charge < -0.3 is 5.32 Å². The number of benzene rings is 1. The summed E-state index contributed by atoms with van der Waals surface area (Å²) in [6, 6.07) is 6.24. The number of carbonyl (C=O) groups excluding carboxylic acids is 1. The van der Waals surface area contributed by atoms with Crippen molar-refractivity contribution in [2.75, 3.05) is 7.05 Å². The van der Waals surface area contributed by atoms with E-state index >= 15 is 0 Å². The molecule has 0 aliphatic carbocycles. The van der Waals surface area contributed by atoms with Gasteiger partial charge in [0.05, 0.1) is 5.92 Å². The molecule has 1 rings (SSSR count). The molecule has 1 aromatic carbocycles. The Balaban J connectivity index is 3.02. The largest absolute Gasteiger partial charge is 0.359 e. The highest BCUT2D eigenvalue weighted by Gasteiger charge is 2.17. The molecule has 0 aliphatic rings. The highest BCUT2D eigenvalue weighted by Crippen LogP contribution is 2.22. The molecule has 0 spiro atoms. The summed E-state index contributed by atoms with van der Waals surface area (Å²) in [4.78, 5) is 11.6. The van der Waals surface area contributed by atoms with Crippen molar-refractivity contribution in [1.29, 1.82) is 0 Å². The Labute approximate surface area is 91.7 Å². The molecule has 0 saturated carbocycles. The van der Waals surface area contributed by atoms with Crippen LogP contribution in [0.15, 0.2) is 18.2 Å². The van der Waals surface area contributed by atoms with Gasteiger partial charge in [-0.05, 0) is 37.0 Å². The minimum atomic E-state index is -0.0192. The van der Waals surface area contributed by atoms with E-state index in [0.29, 0.717) is 0 Å². The van der Waals surface area contributed by atoms with Gasteiger partial charge in [-0.3, -0.25) is 4.79 Å². The van der Waals surface area contributed by atoms with Crippen molar-refractivity contribution in [2.45, 2.75) is 33.1 Å². The molecular weight excluding hydrogens is 186 g/mol. The molecule has 0 radical (unpaired) electrons. The molecular formula is C13H19NO. The van der Waals surface area contributed by atoms with Crippen molar-refractivity contribution >= 4 is 5.91 Å². The minimum Gasteiger partial charge on any atom is -0.359 e. The van der Waals surface area contributed by atoms with Gasteiger partial charge in [0.15, 0.2) is 0 Å². The van der Waals surface area contributed by atoms with E-state index in [9.17, 15) is 4.79 Å². The number of carbonyl (C=O) groups is 1. The van der Waals surface area contributed by atoms with Gasteiger partial charge in [-0.1, -0.05) is 25.1 Å². The van der Waals surface area contributed by atoms with E-state index in [1.54, 1.807) is 7.05 Å². The number of likely N-dealkylation sites (N-methyl/N-ethyl adjacent to an activating group) is 1. The Morgan fingerprint density at radius 1 is 1.33 bits per heavy atom. The van der Waals surface area contributed by atoms with Gasteiger partial charge in [-0.25, -0.2) is 0 Å². The second-order valence-electron chi connectivity index (χ2n) is 3.92. The van der Waals surface area contributed by atoms with E-state index in [4.69, 9.17) is 0 Å². The Morgan fingerprint density at radius 3 is 2.47 bits per heavy atom. The van der Waals surface area contributed by atoms with Crippen molar-refractivity contribution in [2.24, 2.45) is 0 Å². The predicted molar refractivity (Wildman–Crippen MR) is 63.0 cm³/mol. The van der Waals surface area contributed by atoms with E-state index < -0.39 is 0 Å². The lowest BCUT2D eigenvalue weighted by molar-refractivity contribution is -0.122. The third kappa shape index (κ3) is 2.58. The zero-order valence-corrected chi connectivity index (χ0v) is 9.92. The second-order valence-corrected chi connectivity index (χ2v) is 3.92. The standard InChI is InChI=1S/C13H19NO/c1-5-12(13(15)14-4)11-7-6-9(2)10(3)8-11/h6-8,12H,5H2,1-4H3,(H,14,15). The van der Waals surface area contributed by atoms with Gasteiger partial charge in [-0.2, -0.15) is 0 Å². The Kier molecular flexibility index (Phi) is 3.89. The molecule has 0 saturated heterocycles. The number of amides is 1. The Hall–Kier alpha value is -1.31. The van der Waals surface area contributed by atoms with Crippen molar-refractivity contribution in [3.63, 3.8) is 0 Å². The van der Waals surface area contributed by atoms with Crippen LogP contribution in [0.5, 0.6) is 0 Å². The predicted octanol–water partition coefficient (Wildman–Crippen LogP) is 2.54.